The number of aryl methyl sites for hydroxylation is 1. The average Bonchev–Trinajstić information content (AvgIpc) is 2.80. The van der Waals surface area contributed by atoms with Gasteiger partial charge in [0.1, 0.15) is 0 Å². The van der Waals surface area contributed by atoms with Crippen molar-refractivity contribution in [2.45, 2.75) is 59.5 Å². The highest BCUT2D eigenvalue weighted by Crippen LogP contribution is 2.31. The van der Waals surface area contributed by atoms with Gasteiger partial charge in [0.2, 0.25) is 0 Å². The van der Waals surface area contributed by atoms with Crippen molar-refractivity contribution in [2.24, 2.45) is 11.7 Å². The molecule has 0 aliphatic heterocycles. The van der Waals surface area contributed by atoms with Crippen LogP contribution in [-0.2, 0) is 0 Å². The first-order valence-corrected chi connectivity index (χ1v) is 8.46. The van der Waals surface area contributed by atoms with Gasteiger partial charge < -0.3 is 5.73 Å². The van der Waals surface area contributed by atoms with Crippen LogP contribution in [0.25, 0.3) is 0 Å². The SMILES string of the molecule is CCC(CC)CN(CC)C(c1sccc1C)C(C)N. The second kappa shape index (κ2) is 8.03. The standard InChI is InChI=1S/C16H30N2S/c1-6-14(7-2)11-18(8-3)15(13(5)17)16-12(4)9-10-19-16/h9-10,13-15H,6-8,11,17H2,1-5H3. The highest BCUT2D eigenvalue weighted by molar-refractivity contribution is 7.10. The molecule has 0 saturated carbocycles. The van der Waals surface area contributed by atoms with Crippen molar-refractivity contribution in [3.63, 3.8) is 0 Å². The number of thiophene rings is 1. The molecule has 0 spiro atoms. The van der Waals surface area contributed by atoms with Crippen LogP contribution in [0, 0.1) is 12.8 Å². The second-order valence-electron chi connectivity index (χ2n) is 5.54. The zero-order valence-electron chi connectivity index (χ0n) is 13.1. The van der Waals surface area contributed by atoms with E-state index >= 15 is 0 Å². The Hall–Kier alpha value is -0.380. The number of hydrogen-bond donors (Lipinski definition) is 1. The van der Waals surface area contributed by atoms with Crippen molar-refractivity contribution in [3.05, 3.63) is 21.9 Å². The summed E-state index contributed by atoms with van der Waals surface area (Å²) in [6.07, 6.45) is 2.50. The quantitative estimate of drug-likeness (QED) is 0.774. The third-order valence-corrected chi connectivity index (χ3v) is 5.20. The van der Waals surface area contributed by atoms with Crippen molar-refractivity contribution in [1.29, 1.82) is 0 Å². The van der Waals surface area contributed by atoms with Gasteiger partial charge in [-0.1, -0.05) is 33.6 Å². The monoisotopic (exact) mass is 282 g/mol. The molecular formula is C16H30N2S. The van der Waals surface area contributed by atoms with Crippen molar-refractivity contribution >= 4 is 11.3 Å². The Morgan fingerprint density at radius 1 is 1.26 bits per heavy atom. The lowest BCUT2D eigenvalue weighted by molar-refractivity contribution is 0.155. The first kappa shape index (κ1) is 16.7. The maximum atomic E-state index is 6.30. The molecule has 3 heteroatoms. The van der Waals surface area contributed by atoms with Crippen LogP contribution in [0.4, 0.5) is 0 Å². The maximum absolute atomic E-state index is 6.30. The predicted octanol–water partition coefficient (Wildman–Crippen LogP) is 4.20. The van der Waals surface area contributed by atoms with Crippen molar-refractivity contribution in [2.75, 3.05) is 13.1 Å². The molecule has 0 fully saturated rings. The van der Waals surface area contributed by atoms with Crippen LogP contribution in [-0.4, -0.2) is 24.0 Å². The molecule has 0 aromatic carbocycles. The summed E-state index contributed by atoms with van der Waals surface area (Å²) in [5, 5.41) is 2.19. The topological polar surface area (TPSA) is 29.3 Å². The molecule has 0 radical (unpaired) electrons. The third kappa shape index (κ3) is 4.30. The molecular weight excluding hydrogens is 252 g/mol. The highest BCUT2D eigenvalue weighted by Gasteiger charge is 2.26. The van der Waals surface area contributed by atoms with E-state index in [1.807, 2.05) is 11.3 Å². The Kier molecular flexibility index (Phi) is 7.05. The Bertz CT molecular complexity index is 355. The Labute approximate surface area is 123 Å². The fourth-order valence-electron chi connectivity index (χ4n) is 2.74. The number of likely N-dealkylation sites (N-methyl/N-ethyl adjacent to an activating group) is 1. The molecule has 2 atom stereocenters. The summed E-state index contributed by atoms with van der Waals surface area (Å²) < 4.78 is 0. The summed E-state index contributed by atoms with van der Waals surface area (Å²) in [6, 6.07) is 2.75. The molecule has 0 amide bonds. The van der Waals surface area contributed by atoms with Gasteiger partial charge in [0, 0.05) is 17.5 Å². The van der Waals surface area contributed by atoms with Crippen LogP contribution in [0.2, 0.25) is 0 Å². The van der Waals surface area contributed by atoms with Crippen LogP contribution in [0.5, 0.6) is 0 Å². The molecule has 2 unspecified atom stereocenters. The predicted molar refractivity (Wildman–Crippen MR) is 86.8 cm³/mol. The molecule has 0 saturated heterocycles. The lowest BCUT2D eigenvalue weighted by Gasteiger charge is -2.35. The van der Waals surface area contributed by atoms with Crippen molar-refractivity contribution in [1.82, 2.24) is 4.90 Å². The third-order valence-electron chi connectivity index (χ3n) is 4.12. The largest absolute Gasteiger partial charge is 0.326 e. The van der Waals surface area contributed by atoms with Gasteiger partial charge in [0.05, 0.1) is 6.04 Å². The van der Waals surface area contributed by atoms with Gasteiger partial charge in [-0.2, -0.15) is 0 Å². The summed E-state index contributed by atoms with van der Waals surface area (Å²) in [5.74, 6) is 0.779. The summed E-state index contributed by atoms with van der Waals surface area (Å²) in [5.41, 5.74) is 7.68. The van der Waals surface area contributed by atoms with Gasteiger partial charge in [-0.3, -0.25) is 4.90 Å². The van der Waals surface area contributed by atoms with Gasteiger partial charge in [-0.05, 0) is 43.3 Å². The summed E-state index contributed by atoms with van der Waals surface area (Å²) in [7, 11) is 0. The molecule has 0 aliphatic carbocycles. The van der Waals surface area contributed by atoms with Crippen molar-refractivity contribution < 1.29 is 0 Å². The molecule has 0 aliphatic rings. The highest BCUT2D eigenvalue weighted by atomic mass is 32.1. The fraction of sp³-hybridized carbons (Fsp3) is 0.750. The molecule has 1 aromatic heterocycles. The molecule has 1 aromatic rings. The molecule has 1 rings (SSSR count). The minimum atomic E-state index is 0.173. The van der Waals surface area contributed by atoms with Crippen LogP contribution in [0.3, 0.4) is 0 Å². The molecule has 0 bridgehead atoms. The van der Waals surface area contributed by atoms with E-state index in [1.54, 1.807) is 0 Å². The number of nitrogens with zero attached hydrogens (tertiary/aromatic N) is 1. The maximum Gasteiger partial charge on any atom is 0.0593 e. The minimum Gasteiger partial charge on any atom is -0.326 e. The van der Waals surface area contributed by atoms with E-state index in [1.165, 1.54) is 23.3 Å². The van der Waals surface area contributed by atoms with Gasteiger partial charge >= 0.3 is 0 Å². The first-order chi connectivity index (χ1) is 9.04. The zero-order chi connectivity index (χ0) is 14.4. The lowest BCUT2D eigenvalue weighted by atomic mass is 9.98. The van der Waals surface area contributed by atoms with Crippen LogP contribution in [0.15, 0.2) is 11.4 Å². The average molecular weight is 282 g/mol. The van der Waals surface area contributed by atoms with E-state index in [4.69, 9.17) is 5.73 Å². The Morgan fingerprint density at radius 3 is 2.26 bits per heavy atom. The van der Waals surface area contributed by atoms with E-state index in [0.29, 0.717) is 6.04 Å². The molecule has 2 N–H and O–H groups in total. The molecule has 110 valence electrons. The summed E-state index contributed by atoms with van der Waals surface area (Å²) >= 11 is 1.85. The van der Waals surface area contributed by atoms with E-state index in [0.717, 1.165) is 19.0 Å². The molecule has 1 heterocycles. The van der Waals surface area contributed by atoms with E-state index in [2.05, 4.69) is 51.0 Å². The normalized spacial score (nSPS) is 15.2. The summed E-state index contributed by atoms with van der Waals surface area (Å²) in [4.78, 5) is 4.02. The van der Waals surface area contributed by atoms with Gasteiger partial charge in [0.15, 0.2) is 0 Å². The van der Waals surface area contributed by atoms with E-state index in [9.17, 15) is 0 Å². The van der Waals surface area contributed by atoms with Crippen LogP contribution < -0.4 is 5.73 Å². The van der Waals surface area contributed by atoms with E-state index in [-0.39, 0.29) is 6.04 Å². The number of rotatable bonds is 8. The summed E-state index contributed by atoms with van der Waals surface area (Å²) in [6.45, 7) is 13.4. The van der Waals surface area contributed by atoms with Crippen molar-refractivity contribution in [3.8, 4) is 0 Å². The first-order valence-electron chi connectivity index (χ1n) is 7.58. The fourth-order valence-corrected chi connectivity index (χ4v) is 3.92. The van der Waals surface area contributed by atoms with Crippen LogP contribution >= 0.6 is 11.3 Å². The van der Waals surface area contributed by atoms with Gasteiger partial charge in [0.25, 0.3) is 0 Å². The molecule has 19 heavy (non-hydrogen) atoms. The Balaban J connectivity index is 2.93. The van der Waals surface area contributed by atoms with E-state index < -0.39 is 0 Å². The number of hydrogen-bond acceptors (Lipinski definition) is 3. The smallest absolute Gasteiger partial charge is 0.0593 e. The minimum absolute atomic E-state index is 0.173. The Morgan fingerprint density at radius 2 is 1.89 bits per heavy atom. The van der Waals surface area contributed by atoms with Crippen LogP contribution in [0.1, 0.15) is 57.0 Å². The zero-order valence-corrected chi connectivity index (χ0v) is 14.0. The lowest BCUT2D eigenvalue weighted by Crippen LogP contribution is -2.41. The molecule has 2 nitrogen and oxygen atoms in total. The van der Waals surface area contributed by atoms with Gasteiger partial charge in [-0.15, -0.1) is 11.3 Å². The second-order valence-corrected chi connectivity index (χ2v) is 6.49. The number of nitrogens with two attached hydrogens (primary N) is 1. The van der Waals surface area contributed by atoms with Gasteiger partial charge in [-0.25, -0.2) is 0 Å².